The molecule has 0 aromatic carbocycles. The summed E-state index contributed by atoms with van der Waals surface area (Å²) >= 11 is 0. The Bertz CT molecular complexity index is 325. The predicted molar refractivity (Wildman–Crippen MR) is 72.7 cm³/mol. The molecular formula is C13H25N3O3. The summed E-state index contributed by atoms with van der Waals surface area (Å²) in [7, 11) is 5.19. The molecule has 6 heteroatoms. The van der Waals surface area contributed by atoms with E-state index in [1.165, 1.54) is 0 Å². The van der Waals surface area contributed by atoms with Crippen LogP contribution in [0.3, 0.4) is 0 Å². The molecule has 19 heavy (non-hydrogen) atoms. The van der Waals surface area contributed by atoms with Crippen molar-refractivity contribution in [2.45, 2.75) is 25.8 Å². The third-order valence-corrected chi connectivity index (χ3v) is 3.77. The van der Waals surface area contributed by atoms with E-state index in [1.807, 2.05) is 6.92 Å². The summed E-state index contributed by atoms with van der Waals surface area (Å²) in [6.45, 7) is 3.03. The minimum absolute atomic E-state index is 0.00276. The van der Waals surface area contributed by atoms with E-state index in [-0.39, 0.29) is 30.5 Å². The van der Waals surface area contributed by atoms with E-state index >= 15 is 0 Å². The number of hydrogen-bond donors (Lipinski definition) is 1. The first kappa shape index (κ1) is 15.8. The number of hydrogen-bond acceptors (Lipinski definition) is 3. The number of carbonyl (C=O) groups excluding carboxylic acids is 2. The van der Waals surface area contributed by atoms with Crippen molar-refractivity contribution in [1.29, 1.82) is 0 Å². The summed E-state index contributed by atoms with van der Waals surface area (Å²) in [4.78, 5) is 28.9. The molecule has 0 radical (unpaired) electrons. The first-order valence-electron chi connectivity index (χ1n) is 6.72. The number of aliphatic hydroxyl groups is 1. The second kappa shape index (κ2) is 6.75. The number of carbonyl (C=O) groups is 2. The van der Waals surface area contributed by atoms with Crippen molar-refractivity contribution < 1.29 is 14.7 Å². The molecule has 0 aliphatic carbocycles. The zero-order valence-corrected chi connectivity index (χ0v) is 12.3. The van der Waals surface area contributed by atoms with Gasteiger partial charge in [-0.3, -0.25) is 4.79 Å². The molecule has 1 N–H and O–H groups in total. The van der Waals surface area contributed by atoms with Crippen LogP contribution in [0.15, 0.2) is 0 Å². The first-order chi connectivity index (χ1) is 8.88. The van der Waals surface area contributed by atoms with Gasteiger partial charge in [0.15, 0.2) is 0 Å². The Morgan fingerprint density at radius 1 is 1.26 bits per heavy atom. The lowest BCUT2D eigenvalue weighted by Crippen LogP contribution is -2.48. The van der Waals surface area contributed by atoms with Crippen LogP contribution in [0.4, 0.5) is 4.79 Å². The number of aliphatic hydroxyl groups excluding tert-OH is 1. The smallest absolute Gasteiger partial charge is 0.319 e. The maximum atomic E-state index is 12.2. The van der Waals surface area contributed by atoms with Gasteiger partial charge in [0.05, 0.1) is 12.6 Å². The molecule has 1 aliphatic heterocycles. The van der Waals surface area contributed by atoms with Crippen molar-refractivity contribution in [2.75, 3.05) is 40.8 Å². The summed E-state index contributed by atoms with van der Waals surface area (Å²) < 4.78 is 0. The average Bonchev–Trinajstić information content (AvgIpc) is 2.44. The van der Waals surface area contributed by atoms with E-state index in [4.69, 9.17) is 5.11 Å². The molecule has 1 atom stereocenters. The normalized spacial score (nSPS) is 18.1. The molecule has 0 aromatic rings. The Morgan fingerprint density at radius 2 is 1.79 bits per heavy atom. The molecule has 1 fully saturated rings. The van der Waals surface area contributed by atoms with Crippen LogP contribution < -0.4 is 0 Å². The van der Waals surface area contributed by atoms with E-state index in [0.717, 1.165) is 0 Å². The number of urea groups is 1. The number of piperidine rings is 1. The first-order valence-corrected chi connectivity index (χ1v) is 6.72. The van der Waals surface area contributed by atoms with E-state index in [2.05, 4.69) is 0 Å². The lowest BCUT2D eigenvalue weighted by Gasteiger charge is -2.35. The summed E-state index contributed by atoms with van der Waals surface area (Å²) in [6.07, 6.45) is 1.39. The molecule has 1 unspecified atom stereocenters. The van der Waals surface area contributed by atoms with Crippen molar-refractivity contribution in [1.82, 2.24) is 14.7 Å². The fourth-order valence-electron chi connectivity index (χ4n) is 2.23. The van der Waals surface area contributed by atoms with Crippen LogP contribution in [0.5, 0.6) is 0 Å². The Balaban J connectivity index is 2.50. The van der Waals surface area contributed by atoms with Gasteiger partial charge in [0, 0.05) is 40.2 Å². The standard InChI is InChI=1S/C13H25N3O3/c1-10(9-17)15(4)12(18)11-5-7-16(8-6-11)13(19)14(2)3/h10-11,17H,5-9H2,1-4H3. The third kappa shape index (κ3) is 3.83. The molecule has 1 saturated heterocycles. The van der Waals surface area contributed by atoms with E-state index in [1.54, 1.807) is 35.8 Å². The molecule has 110 valence electrons. The maximum Gasteiger partial charge on any atom is 0.319 e. The highest BCUT2D eigenvalue weighted by atomic mass is 16.3. The predicted octanol–water partition coefficient (Wildman–Crippen LogP) is 0.219. The Kier molecular flexibility index (Phi) is 5.60. The van der Waals surface area contributed by atoms with Gasteiger partial charge in [-0.2, -0.15) is 0 Å². The zero-order chi connectivity index (χ0) is 14.6. The lowest BCUT2D eigenvalue weighted by atomic mass is 9.95. The molecule has 1 heterocycles. The van der Waals surface area contributed by atoms with Crippen LogP contribution >= 0.6 is 0 Å². The van der Waals surface area contributed by atoms with Crippen molar-refractivity contribution in [2.24, 2.45) is 5.92 Å². The van der Waals surface area contributed by atoms with Gasteiger partial charge in [-0.15, -0.1) is 0 Å². The van der Waals surface area contributed by atoms with Gasteiger partial charge in [0.2, 0.25) is 5.91 Å². The van der Waals surface area contributed by atoms with Crippen molar-refractivity contribution in [3.63, 3.8) is 0 Å². The second-order valence-electron chi connectivity index (χ2n) is 5.42. The van der Waals surface area contributed by atoms with Gasteiger partial charge >= 0.3 is 6.03 Å². The summed E-state index contributed by atoms with van der Waals surface area (Å²) in [5.41, 5.74) is 0. The van der Waals surface area contributed by atoms with Gasteiger partial charge in [0.1, 0.15) is 0 Å². The van der Waals surface area contributed by atoms with Crippen molar-refractivity contribution in [3.8, 4) is 0 Å². The zero-order valence-electron chi connectivity index (χ0n) is 12.3. The highest BCUT2D eigenvalue weighted by Gasteiger charge is 2.30. The fraction of sp³-hybridized carbons (Fsp3) is 0.846. The highest BCUT2D eigenvalue weighted by Crippen LogP contribution is 2.20. The number of likely N-dealkylation sites (N-methyl/N-ethyl adjacent to an activating group) is 1. The largest absolute Gasteiger partial charge is 0.394 e. The molecule has 0 aromatic heterocycles. The Morgan fingerprint density at radius 3 is 2.21 bits per heavy atom. The van der Waals surface area contributed by atoms with Gasteiger partial charge in [-0.25, -0.2) is 4.79 Å². The number of nitrogens with zero attached hydrogens (tertiary/aromatic N) is 3. The van der Waals surface area contributed by atoms with E-state index in [9.17, 15) is 9.59 Å². The summed E-state index contributed by atoms with van der Waals surface area (Å²) in [6, 6.07) is -0.156. The quantitative estimate of drug-likeness (QED) is 0.798. The highest BCUT2D eigenvalue weighted by molar-refractivity contribution is 5.79. The minimum atomic E-state index is -0.158. The molecule has 1 rings (SSSR count). The summed E-state index contributed by atoms with van der Waals surface area (Å²) in [5.74, 6) is 0.0312. The van der Waals surface area contributed by atoms with Crippen molar-refractivity contribution in [3.05, 3.63) is 0 Å². The van der Waals surface area contributed by atoms with Crippen LogP contribution in [-0.2, 0) is 4.79 Å². The van der Waals surface area contributed by atoms with Crippen LogP contribution in [-0.4, -0.2) is 78.6 Å². The fourth-order valence-corrected chi connectivity index (χ4v) is 2.23. The number of amides is 3. The van der Waals surface area contributed by atoms with Gasteiger partial charge in [-0.1, -0.05) is 0 Å². The number of rotatable bonds is 3. The third-order valence-electron chi connectivity index (χ3n) is 3.77. The molecule has 0 bridgehead atoms. The van der Waals surface area contributed by atoms with Crippen LogP contribution in [0.2, 0.25) is 0 Å². The maximum absolute atomic E-state index is 12.2. The monoisotopic (exact) mass is 271 g/mol. The van der Waals surface area contributed by atoms with Crippen LogP contribution in [0, 0.1) is 5.92 Å². The molecule has 0 saturated carbocycles. The van der Waals surface area contributed by atoms with E-state index < -0.39 is 0 Å². The molecule has 1 aliphatic rings. The average molecular weight is 271 g/mol. The Labute approximate surface area is 115 Å². The topological polar surface area (TPSA) is 64.1 Å². The SMILES string of the molecule is CC(CO)N(C)C(=O)C1CCN(C(=O)N(C)C)CC1. The second-order valence-corrected chi connectivity index (χ2v) is 5.42. The van der Waals surface area contributed by atoms with Gasteiger partial charge < -0.3 is 19.8 Å². The van der Waals surface area contributed by atoms with Gasteiger partial charge in [-0.05, 0) is 19.8 Å². The molecule has 3 amide bonds. The minimum Gasteiger partial charge on any atom is -0.394 e. The Hall–Kier alpha value is -1.30. The molecule has 0 spiro atoms. The van der Waals surface area contributed by atoms with Gasteiger partial charge in [0.25, 0.3) is 0 Å². The van der Waals surface area contributed by atoms with Crippen molar-refractivity contribution >= 4 is 11.9 Å². The lowest BCUT2D eigenvalue weighted by molar-refractivity contribution is -0.138. The summed E-state index contributed by atoms with van der Waals surface area (Å²) in [5, 5.41) is 9.08. The number of likely N-dealkylation sites (tertiary alicyclic amines) is 1. The van der Waals surface area contributed by atoms with E-state index in [0.29, 0.717) is 25.9 Å². The van der Waals surface area contributed by atoms with Crippen LogP contribution in [0.1, 0.15) is 19.8 Å². The molecule has 6 nitrogen and oxygen atoms in total. The molecular weight excluding hydrogens is 246 g/mol. The van der Waals surface area contributed by atoms with Crippen LogP contribution in [0.25, 0.3) is 0 Å².